The van der Waals surface area contributed by atoms with Crippen LogP contribution in [0.4, 0.5) is 0 Å². The van der Waals surface area contributed by atoms with Crippen molar-refractivity contribution in [1.82, 2.24) is 5.32 Å². The topological polar surface area (TPSA) is 137 Å². The van der Waals surface area contributed by atoms with Gasteiger partial charge in [0, 0.05) is 0 Å². The van der Waals surface area contributed by atoms with Crippen LogP contribution in [0.2, 0.25) is 0 Å². The van der Waals surface area contributed by atoms with Crippen LogP contribution < -0.4 is 16.0 Å². The van der Waals surface area contributed by atoms with Gasteiger partial charge < -0.3 is 31.1 Å². The van der Waals surface area contributed by atoms with E-state index in [2.05, 4.69) is 15.3 Å². The largest absolute Gasteiger partial charge is 0.394 e. The van der Waals surface area contributed by atoms with Crippen LogP contribution in [0.3, 0.4) is 0 Å². The first-order chi connectivity index (χ1) is 9.13. The van der Waals surface area contributed by atoms with Crippen molar-refractivity contribution in [3.8, 4) is 0 Å². The summed E-state index contributed by atoms with van der Waals surface area (Å²) in [4.78, 5) is 8.99. The lowest BCUT2D eigenvalue weighted by molar-refractivity contribution is -0.873. The van der Waals surface area contributed by atoms with E-state index < -0.39 is 30.7 Å². The van der Waals surface area contributed by atoms with E-state index in [1.165, 1.54) is 12.7 Å². The summed E-state index contributed by atoms with van der Waals surface area (Å²) in [5.41, 5.74) is 6.32. The fourth-order valence-corrected chi connectivity index (χ4v) is 2.48. The molecule has 7 N–H and O–H groups in total. The molecule has 0 spiro atoms. The summed E-state index contributed by atoms with van der Waals surface area (Å²) in [5.74, 6) is 0.401. The van der Waals surface area contributed by atoms with E-state index in [9.17, 15) is 10.2 Å². The molecule has 3 rings (SSSR count). The van der Waals surface area contributed by atoms with E-state index in [-0.39, 0.29) is 6.61 Å². The van der Waals surface area contributed by atoms with Gasteiger partial charge in [0.25, 0.3) is 0 Å². The van der Waals surface area contributed by atoms with E-state index in [1.807, 2.05) is 0 Å². The number of quaternary nitrogens is 1. The van der Waals surface area contributed by atoms with Crippen molar-refractivity contribution in [2.75, 3.05) is 6.61 Å². The van der Waals surface area contributed by atoms with E-state index in [1.54, 1.807) is 0 Å². The highest BCUT2D eigenvalue weighted by molar-refractivity contribution is 5.63. The Morgan fingerprint density at radius 2 is 2.21 bits per heavy atom. The van der Waals surface area contributed by atoms with Crippen LogP contribution in [0.25, 0.3) is 0 Å². The molecule has 19 heavy (non-hydrogen) atoms. The Labute approximate surface area is 108 Å². The molecule has 0 aromatic rings. The summed E-state index contributed by atoms with van der Waals surface area (Å²) in [7, 11) is 0. The molecule has 0 bridgehead atoms. The summed E-state index contributed by atoms with van der Waals surface area (Å²) in [6.07, 6.45) is -1.22. The highest BCUT2D eigenvalue weighted by Gasteiger charge is 2.52. The summed E-state index contributed by atoms with van der Waals surface area (Å²) >= 11 is 0. The molecule has 0 saturated carbocycles. The van der Waals surface area contributed by atoms with Gasteiger partial charge in [-0.25, -0.2) is 9.89 Å². The van der Waals surface area contributed by atoms with Crippen LogP contribution in [0, 0.1) is 0 Å². The molecule has 1 saturated heterocycles. The Bertz CT molecular complexity index is 465. The van der Waals surface area contributed by atoms with E-state index in [0.29, 0.717) is 16.4 Å². The first-order valence-corrected chi connectivity index (χ1v) is 5.94. The molecular formula is C10H16N5O4+. The van der Waals surface area contributed by atoms with Crippen molar-refractivity contribution < 1.29 is 25.0 Å². The van der Waals surface area contributed by atoms with Crippen molar-refractivity contribution >= 4 is 12.7 Å². The normalized spacial score (nSPS) is 44.6. The molecule has 6 unspecified atom stereocenters. The van der Waals surface area contributed by atoms with Crippen molar-refractivity contribution in [2.24, 2.45) is 15.7 Å². The molecule has 3 aliphatic heterocycles. The molecular weight excluding hydrogens is 254 g/mol. The number of hydrogen-bond donors (Lipinski definition) is 6. The average molecular weight is 270 g/mol. The van der Waals surface area contributed by atoms with Crippen molar-refractivity contribution in [2.45, 2.75) is 30.7 Å². The molecule has 9 nitrogen and oxygen atoms in total. The van der Waals surface area contributed by atoms with Gasteiger partial charge in [-0.1, -0.05) is 0 Å². The Kier molecular flexibility index (Phi) is 2.99. The summed E-state index contributed by atoms with van der Waals surface area (Å²) in [6.45, 7) is -0.362. The number of aliphatic hydroxyl groups is 3. The number of fused-ring (bicyclic) bond motifs is 1. The zero-order valence-electron chi connectivity index (χ0n) is 9.97. The molecule has 9 heteroatoms. The smallest absolute Gasteiger partial charge is 0.237 e. The zero-order valence-corrected chi connectivity index (χ0v) is 9.97. The van der Waals surface area contributed by atoms with E-state index in [0.717, 1.165) is 0 Å². The zero-order chi connectivity index (χ0) is 13.6. The SMILES string of the molecule is NC1=C2N=C[NH+](C3OC(CO)C(O)C3O)C2N=CN1. The molecule has 104 valence electrons. The van der Waals surface area contributed by atoms with Crippen LogP contribution in [0.5, 0.6) is 0 Å². The third kappa shape index (κ3) is 1.83. The fourth-order valence-electron chi connectivity index (χ4n) is 2.48. The molecule has 3 aliphatic rings. The summed E-state index contributed by atoms with van der Waals surface area (Å²) in [5, 5.41) is 31.6. The molecule has 6 atom stereocenters. The summed E-state index contributed by atoms with van der Waals surface area (Å²) < 4.78 is 5.47. The predicted octanol–water partition coefficient (Wildman–Crippen LogP) is -4.56. The van der Waals surface area contributed by atoms with Gasteiger partial charge >= 0.3 is 0 Å². The molecule has 0 radical (unpaired) electrons. The molecule has 3 heterocycles. The van der Waals surface area contributed by atoms with Gasteiger partial charge in [0.1, 0.15) is 18.0 Å². The van der Waals surface area contributed by atoms with Crippen LogP contribution in [-0.4, -0.2) is 65.3 Å². The minimum Gasteiger partial charge on any atom is -0.394 e. The molecule has 0 aromatic heterocycles. The number of nitrogens with one attached hydrogen (secondary N) is 2. The standard InChI is InChI=1S/C10H15N5O4/c11-8-5-9(13-2-12-8)15(3-14-5)10-7(18)6(17)4(1-16)19-10/h2-4,6-7,9-10,16-18H,1,11H2,(H,12,13)/p+1. The maximum atomic E-state index is 9.99. The number of aliphatic hydroxyl groups excluding tert-OH is 3. The minimum absolute atomic E-state index is 0.362. The third-order valence-electron chi connectivity index (χ3n) is 3.52. The van der Waals surface area contributed by atoms with Gasteiger partial charge in [-0.15, -0.1) is 0 Å². The molecule has 0 aromatic carbocycles. The lowest BCUT2D eigenvalue weighted by atomic mass is 10.1. The average Bonchev–Trinajstić information content (AvgIpc) is 2.94. The second-order valence-electron chi connectivity index (χ2n) is 4.64. The van der Waals surface area contributed by atoms with E-state index >= 15 is 0 Å². The van der Waals surface area contributed by atoms with Gasteiger partial charge in [0.15, 0.2) is 18.1 Å². The molecule has 1 fully saturated rings. The van der Waals surface area contributed by atoms with Crippen LogP contribution in [-0.2, 0) is 4.74 Å². The van der Waals surface area contributed by atoms with Crippen molar-refractivity contribution in [3.63, 3.8) is 0 Å². The van der Waals surface area contributed by atoms with Crippen molar-refractivity contribution in [1.29, 1.82) is 0 Å². The van der Waals surface area contributed by atoms with E-state index in [4.69, 9.17) is 15.6 Å². The second kappa shape index (κ2) is 4.54. The van der Waals surface area contributed by atoms with Gasteiger partial charge in [-0.3, -0.25) is 0 Å². The number of hydrogen-bond acceptors (Lipinski definition) is 8. The predicted molar refractivity (Wildman–Crippen MR) is 63.8 cm³/mol. The number of rotatable bonds is 2. The monoisotopic (exact) mass is 270 g/mol. The maximum Gasteiger partial charge on any atom is 0.237 e. The first kappa shape index (κ1) is 12.5. The Morgan fingerprint density at radius 1 is 1.42 bits per heavy atom. The number of ether oxygens (including phenoxy) is 1. The van der Waals surface area contributed by atoms with Crippen LogP contribution in [0.15, 0.2) is 21.5 Å². The van der Waals surface area contributed by atoms with Gasteiger partial charge in [0.05, 0.1) is 12.9 Å². The Morgan fingerprint density at radius 3 is 2.89 bits per heavy atom. The van der Waals surface area contributed by atoms with Crippen LogP contribution >= 0.6 is 0 Å². The Hall–Kier alpha value is -1.52. The van der Waals surface area contributed by atoms with Crippen LogP contribution in [0.1, 0.15) is 0 Å². The minimum atomic E-state index is -1.13. The highest BCUT2D eigenvalue weighted by Crippen LogP contribution is 2.20. The second-order valence-corrected chi connectivity index (χ2v) is 4.64. The van der Waals surface area contributed by atoms with Crippen molar-refractivity contribution in [3.05, 3.63) is 11.5 Å². The number of nitrogens with zero attached hydrogens (tertiary/aromatic N) is 2. The maximum absolute atomic E-state index is 9.99. The van der Waals surface area contributed by atoms with Gasteiger partial charge in [-0.2, -0.15) is 4.99 Å². The quantitative estimate of drug-likeness (QED) is 0.299. The van der Waals surface area contributed by atoms with Gasteiger partial charge in [-0.05, 0) is 0 Å². The lowest BCUT2D eigenvalue weighted by Crippen LogP contribution is -3.18. The molecule has 0 aliphatic carbocycles. The highest BCUT2D eigenvalue weighted by atomic mass is 16.6. The number of nitrogens with two attached hydrogens (primary N) is 1. The number of aliphatic imine (C=N–C) groups is 2. The van der Waals surface area contributed by atoms with Gasteiger partial charge in [0.2, 0.25) is 12.4 Å². The summed E-state index contributed by atoms with van der Waals surface area (Å²) in [6, 6.07) is 0. The Balaban J connectivity index is 1.83. The first-order valence-electron chi connectivity index (χ1n) is 5.94. The fraction of sp³-hybridized carbons (Fsp3) is 0.600. The lowest BCUT2D eigenvalue weighted by Gasteiger charge is -2.25. The molecule has 0 amide bonds. The third-order valence-corrected chi connectivity index (χ3v) is 3.52.